The fraction of sp³-hybridized carbons (Fsp3) is 0.353. The Morgan fingerprint density at radius 1 is 1.33 bits per heavy atom. The number of hydrogen-bond acceptors (Lipinski definition) is 6. The summed E-state index contributed by atoms with van der Waals surface area (Å²) in [5, 5.41) is 12.3. The van der Waals surface area contributed by atoms with E-state index in [-0.39, 0.29) is 11.8 Å². The molecule has 1 amide bonds. The van der Waals surface area contributed by atoms with Crippen LogP contribution in [0.25, 0.3) is 10.8 Å². The van der Waals surface area contributed by atoms with Crippen LogP contribution in [0.5, 0.6) is 0 Å². The van der Waals surface area contributed by atoms with Crippen molar-refractivity contribution in [1.82, 2.24) is 15.1 Å². The summed E-state index contributed by atoms with van der Waals surface area (Å²) >= 11 is 3.19. The molecule has 1 atom stereocenters. The second-order valence-corrected chi connectivity index (χ2v) is 8.03. The Morgan fingerprint density at radius 2 is 2.25 bits per heavy atom. The molecule has 0 aliphatic carbocycles. The van der Waals surface area contributed by atoms with Crippen LogP contribution in [0.2, 0.25) is 0 Å². The van der Waals surface area contributed by atoms with E-state index in [0.717, 1.165) is 29.8 Å². The Hall–Kier alpha value is -1.99. The molecule has 1 aliphatic heterocycles. The SMILES string of the molecule is Cc1ccc(-c2nnc(C3CCCN(C(=O)c4ccsc4)C3)o2)s1. The fourth-order valence-electron chi connectivity index (χ4n) is 2.98. The Morgan fingerprint density at radius 3 is 3.00 bits per heavy atom. The molecule has 4 rings (SSSR count). The van der Waals surface area contributed by atoms with Crippen molar-refractivity contribution in [1.29, 1.82) is 0 Å². The molecule has 1 aliphatic rings. The number of carbonyl (C=O) groups is 1. The van der Waals surface area contributed by atoms with Crippen LogP contribution in [-0.4, -0.2) is 34.1 Å². The van der Waals surface area contributed by atoms with Gasteiger partial charge in [0.2, 0.25) is 5.89 Å². The summed E-state index contributed by atoms with van der Waals surface area (Å²) in [6.45, 7) is 3.48. The molecule has 0 radical (unpaired) electrons. The predicted octanol–water partition coefficient (Wildman–Crippen LogP) is 4.19. The largest absolute Gasteiger partial charge is 0.420 e. The van der Waals surface area contributed by atoms with Crippen molar-refractivity contribution in [3.8, 4) is 10.8 Å². The van der Waals surface area contributed by atoms with Crippen LogP contribution < -0.4 is 0 Å². The van der Waals surface area contributed by atoms with Gasteiger partial charge in [-0.3, -0.25) is 4.79 Å². The number of aromatic nitrogens is 2. The zero-order valence-corrected chi connectivity index (χ0v) is 14.9. The lowest BCUT2D eigenvalue weighted by Crippen LogP contribution is -2.39. The minimum absolute atomic E-state index is 0.0922. The third kappa shape index (κ3) is 3.01. The van der Waals surface area contributed by atoms with Gasteiger partial charge in [-0.05, 0) is 43.3 Å². The number of hydrogen-bond donors (Lipinski definition) is 0. The van der Waals surface area contributed by atoms with Crippen molar-refractivity contribution in [3.05, 3.63) is 45.3 Å². The molecule has 0 N–H and O–H groups in total. The predicted molar refractivity (Wildman–Crippen MR) is 94.5 cm³/mol. The van der Waals surface area contributed by atoms with E-state index >= 15 is 0 Å². The van der Waals surface area contributed by atoms with Crippen LogP contribution in [0, 0.1) is 6.92 Å². The second-order valence-electron chi connectivity index (χ2n) is 5.96. The molecule has 7 heteroatoms. The van der Waals surface area contributed by atoms with Gasteiger partial charge >= 0.3 is 0 Å². The van der Waals surface area contributed by atoms with E-state index in [1.54, 1.807) is 22.7 Å². The van der Waals surface area contributed by atoms with Gasteiger partial charge in [0, 0.05) is 23.3 Å². The molecule has 124 valence electrons. The van der Waals surface area contributed by atoms with Crippen LogP contribution in [0.4, 0.5) is 0 Å². The number of likely N-dealkylation sites (tertiary alicyclic amines) is 1. The number of amides is 1. The van der Waals surface area contributed by atoms with Gasteiger partial charge in [-0.2, -0.15) is 11.3 Å². The summed E-state index contributed by atoms with van der Waals surface area (Å²) < 4.78 is 5.89. The summed E-state index contributed by atoms with van der Waals surface area (Å²) in [5.74, 6) is 1.42. The maximum Gasteiger partial charge on any atom is 0.257 e. The molecular formula is C17H17N3O2S2. The first-order chi connectivity index (χ1) is 11.7. The summed E-state index contributed by atoms with van der Waals surface area (Å²) in [5.41, 5.74) is 0.765. The average molecular weight is 359 g/mol. The van der Waals surface area contributed by atoms with Crippen molar-refractivity contribution in [3.63, 3.8) is 0 Å². The van der Waals surface area contributed by atoms with E-state index < -0.39 is 0 Å². The molecule has 0 saturated carbocycles. The van der Waals surface area contributed by atoms with Crippen molar-refractivity contribution in [2.45, 2.75) is 25.7 Å². The minimum Gasteiger partial charge on any atom is -0.420 e. The van der Waals surface area contributed by atoms with Crippen molar-refractivity contribution in [2.24, 2.45) is 0 Å². The lowest BCUT2D eigenvalue weighted by atomic mass is 9.97. The number of nitrogens with zero attached hydrogens (tertiary/aromatic N) is 3. The molecule has 0 aromatic carbocycles. The summed E-state index contributed by atoms with van der Waals surface area (Å²) in [4.78, 5) is 16.6. The van der Waals surface area contributed by atoms with Crippen LogP contribution in [0.15, 0.2) is 33.4 Å². The van der Waals surface area contributed by atoms with Gasteiger partial charge in [0.05, 0.1) is 16.4 Å². The molecule has 5 nitrogen and oxygen atoms in total. The van der Waals surface area contributed by atoms with Gasteiger partial charge in [0.25, 0.3) is 11.8 Å². The Balaban J connectivity index is 1.50. The summed E-state index contributed by atoms with van der Waals surface area (Å²) in [6, 6.07) is 5.93. The number of rotatable bonds is 3. The third-order valence-electron chi connectivity index (χ3n) is 4.22. The van der Waals surface area contributed by atoms with Crippen LogP contribution in [0.3, 0.4) is 0 Å². The highest BCUT2D eigenvalue weighted by atomic mass is 32.1. The number of carbonyl (C=O) groups excluding carboxylic acids is 1. The average Bonchev–Trinajstić information content (AvgIpc) is 3.35. The van der Waals surface area contributed by atoms with Crippen molar-refractivity contribution >= 4 is 28.6 Å². The standard InChI is InChI=1S/C17H17N3O2S2/c1-11-4-5-14(24-11)16-19-18-15(22-16)12-3-2-7-20(9-12)17(21)13-6-8-23-10-13/h4-6,8,10,12H,2-3,7,9H2,1H3. The van der Waals surface area contributed by atoms with E-state index in [9.17, 15) is 4.79 Å². The first-order valence-electron chi connectivity index (χ1n) is 7.92. The second kappa shape index (κ2) is 6.49. The van der Waals surface area contributed by atoms with Gasteiger partial charge in [-0.15, -0.1) is 21.5 Å². The first-order valence-corrected chi connectivity index (χ1v) is 9.68. The molecule has 0 bridgehead atoms. The summed E-state index contributed by atoms with van der Waals surface area (Å²) in [7, 11) is 0. The van der Waals surface area contributed by atoms with E-state index in [0.29, 0.717) is 18.3 Å². The molecule has 1 unspecified atom stereocenters. The molecule has 3 aromatic rings. The Bertz CT molecular complexity index is 838. The minimum atomic E-state index is 0.0922. The number of piperidine rings is 1. The van der Waals surface area contributed by atoms with E-state index in [1.807, 2.05) is 33.9 Å². The molecule has 24 heavy (non-hydrogen) atoms. The molecule has 4 heterocycles. The first kappa shape index (κ1) is 15.5. The van der Waals surface area contributed by atoms with Crippen LogP contribution in [-0.2, 0) is 0 Å². The van der Waals surface area contributed by atoms with Gasteiger partial charge in [-0.1, -0.05) is 0 Å². The fourth-order valence-corrected chi connectivity index (χ4v) is 4.40. The molecule has 0 spiro atoms. The van der Waals surface area contributed by atoms with Gasteiger partial charge in [0.1, 0.15) is 0 Å². The van der Waals surface area contributed by atoms with Gasteiger partial charge < -0.3 is 9.32 Å². The normalized spacial score (nSPS) is 18.0. The highest BCUT2D eigenvalue weighted by Crippen LogP contribution is 2.31. The summed E-state index contributed by atoms with van der Waals surface area (Å²) in [6.07, 6.45) is 1.93. The Kier molecular flexibility index (Phi) is 4.20. The molecule has 1 saturated heterocycles. The van der Waals surface area contributed by atoms with Crippen molar-refractivity contribution < 1.29 is 9.21 Å². The zero-order chi connectivity index (χ0) is 16.5. The monoisotopic (exact) mass is 359 g/mol. The van der Waals surface area contributed by atoms with Crippen LogP contribution in [0.1, 0.15) is 39.9 Å². The smallest absolute Gasteiger partial charge is 0.257 e. The third-order valence-corrected chi connectivity index (χ3v) is 5.89. The Labute approximate surface area is 147 Å². The van der Waals surface area contributed by atoms with E-state index in [1.165, 1.54) is 4.88 Å². The quantitative estimate of drug-likeness (QED) is 0.704. The van der Waals surface area contributed by atoms with E-state index in [2.05, 4.69) is 17.1 Å². The lowest BCUT2D eigenvalue weighted by molar-refractivity contribution is 0.0699. The van der Waals surface area contributed by atoms with E-state index in [4.69, 9.17) is 4.42 Å². The molecule has 3 aromatic heterocycles. The molecular weight excluding hydrogens is 342 g/mol. The lowest BCUT2D eigenvalue weighted by Gasteiger charge is -2.30. The number of thiophene rings is 2. The highest BCUT2D eigenvalue weighted by molar-refractivity contribution is 7.15. The highest BCUT2D eigenvalue weighted by Gasteiger charge is 2.29. The van der Waals surface area contributed by atoms with Gasteiger partial charge in [-0.25, -0.2) is 0 Å². The van der Waals surface area contributed by atoms with Gasteiger partial charge in [0.15, 0.2) is 0 Å². The molecule has 1 fully saturated rings. The zero-order valence-electron chi connectivity index (χ0n) is 13.3. The van der Waals surface area contributed by atoms with Crippen LogP contribution >= 0.6 is 22.7 Å². The topological polar surface area (TPSA) is 59.2 Å². The maximum atomic E-state index is 12.5. The van der Waals surface area contributed by atoms with Crippen molar-refractivity contribution in [2.75, 3.05) is 13.1 Å². The maximum absolute atomic E-state index is 12.5. The number of aryl methyl sites for hydroxylation is 1.